The molecule has 0 aliphatic carbocycles. The Kier molecular flexibility index (Phi) is 6.12. The fourth-order valence-corrected chi connectivity index (χ4v) is 4.86. The Morgan fingerprint density at radius 3 is 2.40 bits per heavy atom. The van der Waals surface area contributed by atoms with Crippen molar-refractivity contribution in [3.8, 4) is 0 Å². The maximum atomic E-state index is 12.3. The summed E-state index contributed by atoms with van der Waals surface area (Å²) in [5.74, 6) is -0.409. The summed E-state index contributed by atoms with van der Waals surface area (Å²) in [5.41, 5.74) is -1.04. The maximum Gasteiger partial charge on any atom is 0.330 e. The number of amides is 1. The molecule has 1 atom stereocenters. The van der Waals surface area contributed by atoms with E-state index in [4.69, 9.17) is 0 Å². The van der Waals surface area contributed by atoms with E-state index >= 15 is 0 Å². The molecule has 0 aromatic heterocycles. The largest absolute Gasteiger partial charge is 0.479 e. The van der Waals surface area contributed by atoms with Gasteiger partial charge in [-0.15, -0.1) is 0 Å². The predicted molar refractivity (Wildman–Crippen MR) is 96.2 cm³/mol. The summed E-state index contributed by atoms with van der Waals surface area (Å²) in [6.07, 6.45) is 0.365. The molecule has 0 bridgehead atoms. The van der Waals surface area contributed by atoms with Crippen molar-refractivity contribution in [2.75, 3.05) is 18.1 Å². The van der Waals surface area contributed by atoms with Gasteiger partial charge in [-0.25, -0.2) is 17.9 Å². The molecule has 138 valence electrons. The highest BCUT2D eigenvalue weighted by Crippen LogP contribution is 2.28. The summed E-state index contributed by atoms with van der Waals surface area (Å²) < 4.78 is 26.8. The number of carboxylic acids is 1. The van der Waals surface area contributed by atoms with E-state index in [1.54, 1.807) is 0 Å². The molecule has 1 aliphatic rings. The third-order valence-electron chi connectivity index (χ3n) is 3.89. The predicted octanol–water partition coefficient (Wildman–Crippen LogP) is 1.31. The van der Waals surface area contributed by atoms with Crippen LogP contribution in [0.3, 0.4) is 0 Å². The lowest BCUT2D eigenvalue weighted by molar-refractivity contribution is -0.143. The number of hydrogen-bond donors (Lipinski definition) is 3. The first-order chi connectivity index (χ1) is 11.7. The molecular weight excluding hydrogens is 364 g/mol. The molecule has 1 amide bonds. The molecule has 3 N–H and O–H groups in total. The number of hydrogen-bond acceptors (Lipinski definition) is 5. The van der Waals surface area contributed by atoms with Gasteiger partial charge in [0, 0.05) is 17.9 Å². The number of carbonyl (C=O) groups excluding carboxylic acids is 1. The lowest BCUT2D eigenvalue weighted by atomic mass is 9.98. The van der Waals surface area contributed by atoms with E-state index in [0.717, 1.165) is 0 Å². The van der Waals surface area contributed by atoms with Crippen molar-refractivity contribution in [2.24, 2.45) is 5.92 Å². The lowest BCUT2D eigenvalue weighted by Gasteiger charge is -2.24. The number of rotatable bonds is 7. The van der Waals surface area contributed by atoms with Gasteiger partial charge >= 0.3 is 5.97 Å². The van der Waals surface area contributed by atoms with Gasteiger partial charge < -0.3 is 10.4 Å². The molecule has 1 unspecified atom stereocenters. The van der Waals surface area contributed by atoms with Crippen LogP contribution >= 0.6 is 11.8 Å². The summed E-state index contributed by atoms with van der Waals surface area (Å²) >= 11 is 1.48. The van der Waals surface area contributed by atoms with Crippen molar-refractivity contribution in [1.29, 1.82) is 0 Å². The van der Waals surface area contributed by atoms with Crippen molar-refractivity contribution in [3.63, 3.8) is 0 Å². The van der Waals surface area contributed by atoms with Crippen LogP contribution < -0.4 is 10.0 Å². The minimum atomic E-state index is -3.62. The number of carboxylic acid groups (broad SMARTS) is 1. The van der Waals surface area contributed by atoms with Crippen LogP contribution in [-0.4, -0.2) is 49.0 Å². The first-order valence-electron chi connectivity index (χ1n) is 7.90. The molecule has 1 aromatic carbocycles. The van der Waals surface area contributed by atoms with Crippen LogP contribution in [0, 0.1) is 5.92 Å². The van der Waals surface area contributed by atoms with Gasteiger partial charge in [-0.3, -0.25) is 4.79 Å². The third-order valence-corrected chi connectivity index (χ3v) is 6.52. The Morgan fingerprint density at radius 1 is 1.28 bits per heavy atom. The van der Waals surface area contributed by atoms with E-state index in [-0.39, 0.29) is 16.4 Å². The zero-order valence-corrected chi connectivity index (χ0v) is 15.7. The smallest absolute Gasteiger partial charge is 0.330 e. The number of nitrogens with one attached hydrogen (secondary N) is 2. The standard InChI is InChI=1S/C16H22N2O5S2/c1-11(2)9-17-25(22,23)13-5-3-12(4-6-13)14(19)18-16(15(20)21)7-8-24-10-16/h3-6,11,17H,7-10H2,1-2H3,(H,18,19)(H,20,21). The Bertz CT molecular complexity index is 738. The van der Waals surface area contributed by atoms with Crippen molar-refractivity contribution in [3.05, 3.63) is 29.8 Å². The highest BCUT2D eigenvalue weighted by atomic mass is 32.2. The van der Waals surface area contributed by atoms with Crippen LogP contribution in [0.1, 0.15) is 30.6 Å². The zero-order chi connectivity index (χ0) is 18.7. The van der Waals surface area contributed by atoms with Crippen molar-refractivity contribution >= 4 is 33.7 Å². The molecule has 2 rings (SSSR count). The van der Waals surface area contributed by atoms with Gasteiger partial charge in [0.05, 0.1) is 4.90 Å². The number of aliphatic carboxylic acids is 1. The van der Waals surface area contributed by atoms with E-state index < -0.39 is 27.4 Å². The van der Waals surface area contributed by atoms with Gasteiger partial charge in [0.2, 0.25) is 10.0 Å². The molecule has 0 saturated carbocycles. The molecule has 0 spiro atoms. The third kappa shape index (κ3) is 4.74. The quantitative estimate of drug-likeness (QED) is 0.651. The number of carbonyl (C=O) groups is 2. The number of sulfonamides is 1. The van der Waals surface area contributed by atoms with E-state index in [0.29, 0.717) is 24.5 Å². The van der Waals surface area contributed by atoms with Gasteiger partial charge in [0.15, 0.2) is 0 Å². The summed E-state index contributed by atoms with van der Waals surface area (Å²) in [5, 5.41) is 12.0. The maximum absolute atomic E-state index is 12.3. The van der Waals surface area contributed by atoms with Gasteiger partial charge in [-0.05, 0) is 42.4 Å². The van der Waals surface area contributed by atoms with Crippen molar-refractivity contribution < 1.29 is 23.1 Å². The van der Waals surface area contributed by atoms with Crippen molar-refractivity contribution in [2.45, 2.75) is 30.7 Å². The van der Waals surface area contributed by atoms with Gasteiger partial charge in [0.25, 0.3) is 5.91 Å². The van der Waals surface area contributed by atoms with Gasteiger partial charge in [-0.1, -0.05) is 13.8 Å². The number of benzene rings is 1. The van der Waals surface area contributed by atoms with Crippen LogP contribution in [0.2, 0.25) is 0 Å². The molecule has 1 fully saturated rings. The van der Waals surface area contributed by atoms with E-state index in [1.165, 1.54) is 36.0 Å². The minimum Gasteiger partial charge on any atom is -0.479 e. The lowest BCUT2D eigenvalue weighted by Crippen LogP contribution is -2.54. The van der Waals surface area contributed by atoms with Gasteiger partial charge in [-0.2, -0.15) is 11.8 Å². The van der Waals surface area contributed by atoms with Crippen LogP contribution in [-0.2, 0) is 14.8 Å². The summed E-state index contributed by atoms with van der Waals surface area (Å²) in [6.45, 7) is 4.12. The Balaban J connectivity index is 2.11. The molecule has 25 heavy (non-hydrogen) atoms. The number of thioether (sulfide) groups is 1. The van der Waals surface area contributed by atoms with E-state index in [9.17, 15) is 23.1 Å². The average molecular weight is 386 g/mol. The highest BCUT2D eigenvalue weighted by molar-refractivity contribution is 7.99. The van der Waals surface area contributed by atoms with Gasteiger partial charge in [0.1, 0.15) is 5.54 Å². The zero-order valence-electron chi connectivity index (χ0n) is 14.1. The minimum absolute atomic E-state index is 0.0640. The molecule has 1 saturated heterocycles. The Hall–Kier alpha value is -1.58. The van der Waals surface area contributed by atoms with Crippen LogP contribution in [0.4, 0.5) is 0 Å². The average Bonchev–Trinajstić information content (AvgIpc) is 3.03. The molecule has 9 heteroatoms. The van der Waals surface area contributed by atoms with Crippen LogP contribution in [0.5, 0.6) is 0 Å². The fraction of sp³-hybridized carbons (Fsp3) is 0.500. The Morgan fingerprint density at radius 2 is 1.92 bits per heavy atom. The molecule has 0 radical (unpaired) electrons. The van der Waals surface area contributed by atoms with Crippen LogP contribution in [0.15, 0.2) is 29.2 Å². The molecule has 1 aromatic rings. The molecule has 7 nitrogen and oxygen atoms in total. The monoisotopic (exact) mass is 386 g/mol. The highest BCUT2D eigenvalue weighted by Gasteiger charge is 2.43. The second kappa shape index (κ2) is 7.76. The normalized spacial score (nSPS) is 20.6. The van der Waals surface area contributed by atoms with E-state index in [1.807, 2.05) is 13.8 Å². The second-order valence-corrected chi connectivity index (χ2v) is 9.29. The fourth-order valence-electron chi connectivity index (χ4n) is 2.32. The molecule has 1 aliphatic heterocycles. The Labute approximate surface area is 151 Å². The summed E-state index contributed by atoms with van der Waals surface area (Å²) in [7, 11) is -3.62. The first kappa shape index (κ1) is 19.7. The first-order valence-corrected chi connectivity index (χ1v) is 10.5. The molecular formula is C16H22N2O5S2. The second-order valence-electron chi connectivity index (χ2n) is 6.41. The summed E-state index contributed by atoms with van der Waals surface area (Å²) in [6, 6.07) is 5.46. The molecule has 1 heterocycles. The topological polar surface area (TPSA) is 113 Å². The van der Waals surface area contributed by atoms with E-state index in [2.05, 4.69) is 10.0 Å². The van der Waals surface area contributed by atoms with Crippen LogP contribution in [0.25, 0.3) is 0 Å². The van der Waals surface area contributed by atoms with Crippen molar-refractivity contribution in [1.82, 2.24) is 10.0 Å². The SMILES string of the molecule is CC(C)CNS(=O)(=O)c1ccc(C(=O)NC2(C(=O)O)CCSC2)cc1. The summed E-state index contributed by atoms with van der Waals surface area (Å²) in [4.78, 5) is 23.9.